The summed E-state index contributed by atoms with van der Waals surface area (Å²) in [5, 5.41) is 12.3. The molecule has 1 aliphatic rings. The lowest BCUT2D eigenvalue weighted by molar-refractivity contribution is -0.110. The molecule has 0 saturated carbocycles. The molecule has 0 unspecified atom stereocenters. The minimum absolute atomic E-state index is 0.0641. The lowest BCUT2D eigenvalue weighted by atomic mass is 9.97. The number of rotatable bonds is 7. The van der Waals surface area contributed by atoms with Crippen molar-refractivity contribution in [1.29, 1.82) is 0 Å². The maximum Gasteiger partial charge on any atom is 0.256 e. The fourth-order valence-corrected chi connectivity index (χ4v) is 3.84. The largest absolute Gasteiger partial charge is 0.396 e. The Bertz CT molecular complexity index is 878. The van der Waals surface area contributed by atoms with Crippen LogP contribution in [0, 0.1) is 13.8 Å². The average molecular weight is 367 g/mol. The lowest BCUT2D eigenvalue weighted by Gasteiger charge is -2.09. The van der Waals surface area contributed by atoms with Gasteiger partial charge in [0.15, 0.2) is 0 Å². The van der Waals surface area contributed by atoms with E-state index in [9.17, 15) is 9.90 Å². The quantitative estimate of drug-likeness (QED) is 0.659. The molecule has 1 aromatic heterocycles. The molecule has 0 radical (unpaired) electrons. The second-order valence-corrected chi connectivity index (χ2v) is 7.50. The second-order valence-electron chi connectivity index (χ2n) is 7.50. The van der Waals surface area contributed by atoms with Crippen LogP contribution in [-0.2, 0) is 17.6 Å². The SMILES string of the molecule is Cc1[nH]c(C=C2C(=O)Nc3cccc(CCO)c32)c(C)c1CCCN(C)C. The van der Waals surface area contributed by atoms with Gasteiger partial charge >= 0.3 is 0 Å². The zero-order chi connectivity index (χ0) is 19.6. The van der Waals surface area contributed by atoms with Gasteiger partial charge in [-0.3, -0.25) is 4.79 Å². The minimum Gasteiger partial charge on any atom is -0.396 e. The monoisotopic (exact) mass is 367 g/mol. The number of hydrogen-bond donors (Lipinski definition) is 3. The first kappa shape index (κ1) is 19.4. The molecule has 0 spiro atoms. The highest BCUT2D eigenvalue weighted by molar-refractivity contribution is 6.35. The number of aliphatic hydroxyl groups is 1. The van der Waals surface area contributed by atoms with E-state index < -0.39 is 0 Å². The van der Waals surface area contributed by atoms with Gasteiger partial charge in [0.2, 0.25) is 0 Å². The number of aryl methyl sites for hydroxylation is 1. The predicted molar refractivity (Wildman–Crippen MR) is 111 cm³/mol. The Balaban J connectivity index is 1.96. The Labute approximate surface area is 161 Å². The van der Waals surface area contributed by atoms with Crippen LogP contribution in [0.2, 0.25) is 0 Å². The van der Waals surface area contributed by atoms with Crippen LogP contribution in [0.15, 0.2) is 18.2 Å². The molecule has 0 saturated heterocycles. The summed E-state index contributed by atoms with van der Waals surface area (Å²) in [5.41, 5.74) is 8.10. The van der Waals surface area contributed by atoms with Crippen LogP contribution in [0.1, 0.15) is 40.1 Å². The van der Waals surface area contributed by atoms with E-state index in [0.29, 0.717) is 12.0 Å². The van der Waals surface area contributed by atoms with E-state index in [1.165, 1.54) is 16.8 Å². The standard InChI is InChI=1S/C22H29N3O2/c1-14-17(8-6-11-25(3)4)15(2)23-20(14)13-18-21-16(10-12-26)7-5-9-19(21)24-22(18)27/h5,7,9,13,23,26H,6,8,10-12H2,1-4H3,(H,24,27). The molecule has 1 aliphatic heterocycles. The number of anilines is 1. The molecule has 2 aromatic rings. The van der Waals surface area contributed by atoms with Crippen molar-refractivity contribution >= 4 is 23.2 Å². The van der Waals surface area contributed by atoms with Crippen molar-refractivity contribution in [2.75, 3.05) is 32.6 Å². The van der Waals surface area contributed by atoms with Crippen molar-refractivity contribution in [2.24, 2.45) is 0 Å². The molecule has 5 nitrogen and oxygen atoms in total. The zero-order valence-corrected chi connectivity index (χ0v) is 16.6. The maximum atomic E-state index is 12.6. The van der Waals surface area contributed by atoms with Gasteiger partial charge in [0, 0.05) is 29.2 Å². The Hall–Kier alpha value is -2.37. The van der Waals surface area contributed by atoms with E-state index in [0.717, 1.165) is 41.9 Å². The highest BCUT2D eigenvalue weighted by Gasteiger charge is 2.27. The van der Waals surface area contributed by atoms with Crippen molar-refractivity contribution in [1.82, 2.24) is 9.88 Å². The van der Waals surface area contributed by atoms with Crippen molar-refractivity contribution < 1.29 is 9.90 Å². The van der Waals surface area contributed by atoms with Gasteiger partial charge in [0.25, 0.3) is 5.91 Å². The summed E-state index contributed by atoms with van der Waals surface area (Å²) >= 11 is 0. The molecule has 1 amide bonds. The number of aromatic nitrogens is 1. The molecule has 0 fully saturated rings. The fourth-order valence-electron chi connectivity index (χ4n) is 3.84. The third kappa shape index (κ3) is 3.99. The van der Waals surface area contributed by atoms with Crippen LogP contribution in [0.25, 0.3) is 11.6 Å². The molecule has 3 rings (SSSR count). The lowest BCUT2D eigenvalue weighted by Crippen LogP contribution is -2.13. The van der Waals surface area contributed by atoms with Crippen LogP contribution < -0.4 is 5.32 Å². The Morgan fingerprint density at radius 3 is 2.67 bits per heavy atom. The van der Waals surface area contributed by atoms with E-state index in [4.69, 9.17) is 0 Å². The van der Waals surface area contributed by atoms with Gasteiger partial charge in [0.05, 0.1) is 5.57 Å². The number of nitrogens with one attached hydrogen (secondary N) is 2. The number of carbonyl (C=O) groups is 1. The predicted octanol–water partition coefficient (Wildman–Crippen LogP) is 3.15. The Morgan fingerprint density at radius 2 is 1.96 bits per heavy atom. The minimum atomic E-state index is -0.0869. The summed E-state index contributed by atoms with van der Waals surface area (Å²) in [6.45, 7) is 5.34. The summed E-state index contributed by atoms with van der Waals surface area (Å²) in [7, 11) is 4.18. The summed E-state index contributed by atoms with van der Waals surface area (Å²) in [6, 6.07) is 5.80. The van der Waals surface area contributed by atoms with Gasteiger partial charge in [0.1, 0.15) is 0 Å². The molecule has 0 atom stereocenters. The van der Waals surface area contributed by atoms with Crippen molar-refractivity contribution in [3.63, 3.8) is 0 Å². The third-order valence-electron chi connectivity index (χ3n) is 5.25. The van der Waals surface area contributed by atoms with Gasteiger partial charge < -0.3 is 20.3 Å². The number of aromatic amines is 1. The van der Waals surface area contributed by atoms with E-state index >= 15 is 0 Å². The fraction of sp³-hybridized carbons (Fsp3) is 0.409. The van der Waals surface area contributed by atoms with Crippen molar-refractivity contribution in [3.05, 3.63) is 51.8 Å². The molecule has 0 aliphatic carbocycles. The Morgan fingerprint density at radius 1 is 1.19 bits per heavy atom. The number of nitrogens with zero attached hydrogens (tertiary/aromatic N) is 1. The van der Waals surface area contributed by atoms with Gasteiger partial charge in [-0.25, -0.2) is 0 Å². The number of carbonyl (C=O) groups excluding carboxylic acids is 1. The van der Waals surface area contributed by atoms with Gasteiger partial charge in [-0.2, -0.15) is 0 Å². The summed E-state index contributed by atoms with van der Waals surface area (Å²) < 4.78 is 0. The first-order chi connectivity index (χ1) is 12.9. The summed E-state index contributed by atoms with van der Waals surface area (Å²) in [6.07, 6.45) is 4.62. The molecule has 144 valence electrons. The number of benzene rings is 1. The normalized spacial score (nSPS) is 14.9. The van der Waals surface area contributed by atoms with Gasteiger partial charge in [-0.05, 0) is 82.6 Å². The molecule has 1 aromatic carbocycles. The topological polar surface area (TPSA) is 68.4 Å². The third-order valence-corrected chi connectivity index (χ3v) is 5.25. The first-order valence-corrected chi connectivity index (χ1v) is 9.51. The van der Waals surface area contributed by atoms with Gasteiger partial charge in [-0.1, -0.05) is 12.1 Å². The number of fused-ring (bicyclic) bond motifs is 1. The van der Waals surface area contributed by atoms with Crippen molar-refractivity contribution in [3.8, 4) is 0 Å². The first-order valence-electron chi connectivity index (χ1n) is 9.51. The van der Waals surface area contributed by atoms with E-state index in [2.05, 4.69) is 43.1 Å². The molecular formula is C22H29N3O2. The Kier molecular flexibility index (Phi) is 5.82. The maximum absolute atomic E-state index is 12.6. The number of H-pyrrole nitrogens is 1. The molecular weight excluding hydrogens is 338 g/mol. The highest BCUT2D eigenvalue weighted by Crippen LogP contribution is 2.36. The van der Waals surface area contributed by atoms with Crippen LogP contribution >= 0.6 is 0 Å². The van der Waals surface area contributed by atoms with Crippen LogP contribution in [0.3, 0.4) is 0 Å². The number of aliphatic hydroxyl groups excluding tert-OH is 1. The van der Waals surface area contributed by atoms with Gasteiger partial charge in [-0.15, -0.1) is 0 Å². The van der Waals surface area contributed by atoms with E-state index in [1.807, 2.05) is 24.3 Å². The van der Waals surface area contributed by atoms with E-state index in [1.54, 1.807) is 0 Å². The molecule has 27 heavy (non-hydrogen) atoms. The average Bonchev–Trinajstić information content (AvgIpc) is 3.07. The zero-order valence-electron chi connectivity index (χ0n) is 16.6. The smallest absolute Gasteiger partial charge is 0.256 e. The van der Waals surface area contributed by atoms with E-state index in [-0.39, 0.29) is 12.5 Å². The summed E-state index contributed by atoms with van der Waals surface area (Å²) in [5.74, 6) is -0.0869. The van der Waals surface area contributed by atoms with Crippen LogP contribution in [-0.4, -0.2) is 48.1 Å². The van der Waals surface area contributed by atoms with Crippen LogP contribution in [0.4, 0.5) is 5.69 Å². The number of hydrogen-bond acceptors (Lipinski definition) is 3. The van der Waals surface area contributed by atoms with Crippen LogP contribution in [0.5, 0.6) is 0 Å². The molecule has 5 heteroatoms. The number of amides is 1. The summed E-state index contributed by atoms with van der Waals surface area (Å²) in [4.78, 5) is 18.2. The second kappa shape index (κ2) is 8.11. The molecule has 2 heterocycles. The molecule has 0 bridgehead atoms. The van der Waals surface area contributed by atoms with Crippen molar-refractivity contribution in [2.45, 2.75) is 33.1 Å². The molecule has 3 N–H and O–H groups in total. The highest BCUT2D eigenvalue weighted by atomic mass is 16.3.